The summed E-state index contributed by atoms with van der Waals surface area (Å²) in [6.07, 6.45) is 14.3. The molecule has 1 rings (SSSR count). The first-order valence-electron chi connectivity index (χ1n) is 8.71. The topological polar surface area (TPSA) is 34.1 Å². The first kappa shape index (κ1) is 20.1. The Kier molecular flexibility index (Phi) is 8.39. The molecule has 0 spiro atoms. The second-order valence-corrected chi connectivity index (χ2v) is 6.89. The van der Waals surface area contributed by atoms with E-state index in [0.717, 1.165) is 25.7 Å². The zero-order valence-corrected chi connectivity index (χ0v) is 15.7. The van der Waals surface area contributed by atoms with Gasteiger partial charge in [0.15, 0.2) is 11.6 Å². The first-order valence-corrected chi connectivity index (χ1v) is 8.71. The molecule has 0 saturated carbocycles. The van der Waals surface area contributed by atoms with Crippen molar-refractivity contribution in [3.8, 4) is 0 Å². The summed E-state index contributed by atoms with van der Waals surface area (Å²) >= 11 is 0. The van der Waals surface area contributed by atoms with E-state index in [2.05, 4.69) is 45.9 Å². The highest BCUT2D eigenvalue weighted by Crippen LogP contribution is 2.17. The van der Waals surface area contributed by atoms with Crippen molar-refractivity contribution in [1.82, 2.24) is 0 Å². The van der Waals surface area contributed by atoms with E-state index in [1.54, 1.807) is 6.92 Å². The second kappa shape index (κ2) is 10.0. The number of allylic oxidation sites excluding steroid dienone is 10. The number of rotatable bonds is 8. The van der Waals surface area contributed by atoms with Gasteiger partial charge in [-0.05, 0) is 78.9 Å². The van der Waals surface area contributed by atoms with Crippen LogP contribution < -0.4 is 0 Å². The molecule has 0 aromatic carbocycles. The molecule has 0 aliphatic heterocycles. The predicted octanol–water partition coefficient (Wildman–Crippen LogP) is 5.82. The Morgan fingerprint density at radius 3 is 2.04 bits per heavy atom. The molecule has 130 valence electrons. The van der Waals surface area contributed by atoms with Crippen LogP contribution in [0.3, 0.4) is 0 Å². The molecule has 0 atom stereocenters. The van der Waals surface area contributed by atoms with Crippen LogP contribution in [0.1, 0.15) is 66.7 Å². The van der Waals surface area contributed by atoms with Gasteiger partial charge in [-0.15, -0.1) is 0 Å². The van der Waals surface area contributed by atoms with Crippen molar-refractivity contribution in [2.45, 2.75) is 66.7 Å². The van der Waals surface area contributed by atoms with Crippen molar-refractivity contribution in [2.75, 3.05) is 0 Å². The Balaban J connectivity index is 2.43. The second-order valence-electron chi connectivity index (χ2n) is 6.89. The maximum atomic E-state index is 11.9. The maximum absolute atomic E-state index is 11.9. The Morgan fingerprint density at radius 2 is 1.42 bits per heavy atom. The van der Waals surface area contributed by atoms with Crippen LogP contribution in [0.15, 0.2) is 58.2 Å². The minimum absolute atomic E-state index is 0.0360. The molecule has 0 amide bonds. The van der Waals surface area contributed by atoms with Crippen LogP contribution in [0.4, 0.5) is 0 Å². The molecule has 2 nitrogen and oxygen atoms in total. The number of hydrogen-bond acceptors (Lipinski definition) is 2. The molecule has 2 heteroatoms. The van der Waals surface area contributed by atoms with E-state index in [4.69, 9.17) is 0 Å². The lowest BCUT2D eigenvalue weighted by molar-refractivity contribution is -0.115. The summed E-state index contributed by atoms with van der Waals surface area (Å²) in [5, 5.41) is 0. The summed E-state index contributed by atoms with van der Waals surface area (Å²) in [5.74, 6) is -0.0864. The van der Waals surface area contributed by atoms with E-state index in [1.165, 1.54) is 28.9 Å². The molecular weight excluding hydrogens is 296 g/mol. The van der Waals surface area contributed by atoms with Gasteiger partial charge in [0, 0.05) is 11.1 Å². The van der Waals surface area contributed by atoms with Crippen LogP contribution in [-0.4, -0.2) is 11.6 Å². The van der Waals surface area contributed by atoms with Crippen LogP contribution in [0.25, 0.3) is 0 Å². The van der Waals surface area contributed by atoms with Crippen LogP contribution in [0, 0.1) is 0 Å². The quantitative estimate of drug-likeness (QED) is 0.416. The average molecular weight is 326 g/mol. The highest BCUT2D eigenvalue weighted by Gasteiger charge is 2.16. The largest absolute Gasteiger partial charge is 0.290 e. The molecule has 24 heavy (non-hydrogen) atoms. The number of ketones is 2. The van der Waals surface area contributed by atoms with E-state index in [9.17, 15) is 9.59 Å². The van der Waals surface area contributed by atoms with Gasteiger partial charge in [-0.3, -0.25) is 9.59 Å². The SMILES string of the molecule is CC(C)=CCC/C(C)=C/CC/C(C)=C/CC1=CC(=O)C(C)=CC1=O. The lowest BCUT2D eigenvalue weighted by atomic mass is 9.95. The zero-order chi connectivity index (χ0) is 18.1. The van der Waals surface area contributed by atoms with E-state index in [-0.39, 0.29) is 11.6 Å². The van der Waals surface area contributed by atoms with Gasteiger partial charge in [0.25, 0.3) is 0 Å². The molecule has 1 aliphatic carbocycles. The highest BCUT2D eigenvalue weighted by atomic mass is 16.1. The van der Waals surface area contributed by atoms with Gasteiger partial charge in [-0.1, -0.05) is 34.9 Å². The average Bonchev–Trinajstić information content (AvgIpc) is 2.49. The van der Waals surface area contributed by atoms with Gasteiger partial charge in [-0.25, -0.2) is 0 Å². The summed E-state index contributed by atoms with van der Waals surface area (Å²) in [6, 6.07) is 0. The van der Waals surface area contributed by atoms with Crippen molar-refractivity contribution in [3.05, 3.63) is 58.2 Å². The van der Waals surface area contributed by atoms with E-state index in [1.807, 2.05) is 0 Å². The van der Waals surface area contributed by atoms with Gasteiger partial charge in [0.05, 0.1) is 0 Å². The minimum Gasteiger partial charge on any atom is -0.290 e. The molecule has 0 unspecified atom stereocenters. The van der Waals surface area contributed by atoms with Crippen LogP contribution in [0.5, 0.6) is 0 Å². The van der Waals surface area contributed by atoms with E-state index in [0.29, 0.717) is 17.6 Å². The summed E-state index contributed by atoms with van der Waals surface area (Å²) in [7, 11) is 0. The van der Waals surface area contributed by atoms with Gasteiger partial charge in [0.2, 0.25) is 0 Å². The van der Waals surface area contributed by atoms with E-state index < -0.39 is 0 Å². The first-order chi connectivity index (χ1) is 11.3. The Hall–Kier alpha value is -1.96. The van der Waals surface area contributed by atoms with Crippen molar-refractivity contribution >= 4 is 11.6 Å². The Morgan fingerprint density at radius 1 is 0.833 bits per heavy atom. The number of hydrogen-bond donors (Lipinski definition) is 0. The summed E-state index contributed by atoms with van der Waals surface area (Å²) in [6.45, 7) is 10.2. The third-order valence-corrected chi connectivity index (χ3v) is 4.15. The molecule has 0 aromatic heterocycles. The van der Waals surface area contributed by atoms with Gasteiger partial charge in [0.1, 0.15) is 0 Å². The fraction of sp³-hybridized carbons (Fsp3) is 0.455. The fourth-order valence-corrected chi connectivity index (χ4v) is 2.49. The van der Waals surface area contributed by atoms with Crippen molar-refractivity contribution < 1.29 is 9.59 Å². The molecular formula is C22H30O2. The predicted molar refractivity (Wildman–Crippen MR) is 102 cm³/mol. The lowest BCUT2D eigenvalue weighted by Crippen LogP contribution is -2.11. The lowest BCUT2D eigenvalue weighted by Gasteiger charge is -2.08. The summed E-state index contributed by atoms with van der Waals surface area (Å²) in [5.41, 5.74) is 5.18. The Bertz CT molecular complexity index is 633. The highest BCUT2D eigenvalue weighted by molar-refractivity contribution is 6.19. The summed E-state index contributed by atoms with van der Waals surface area (Å²) < 4.78 is 0. The molecule has 0 bridgehead atoms. The minimum atomic E-state index is -0.0504. The van der Waals surface area contributed by atoms with Crippen molar-refractivity contribution in [1.29, 1.82) is 0 Å². The standard InChI is InChI=1S/C22H30O2/c1-16(2)8-6-9-17(3)10-7-11-18(4)12-13-20-15-21(23)19(5)14-22(20)24/h8,10,12,14-15H,6-7,9,11,13H2,1-5H3/b17-10+,18-12+. The van der Waals surface area contributed by atoms with Crippen molar-refractivity contribution in [3.63, 3.8) is 0 Å². The third kappa shape index (κ3) is 7.54. The fourth-order valence-electron chi connectivity index (χ4n) is 2.49. The monoisotopic (exact) mass is 326 g/mol. The molecule has 0 saturated heterocycles. The molecule has 0 aromatic rings. The smallest absolute Gasteiger partial charge is 0.182 e. The third-order valence-electron chi connectivity index (χ3n) is 4.15. The number of carbonyl (C=O) groups excluding carboxylic acids is 2. The molecule has 0 heterocycles. The Labute approximate surface area is 146 Å². The zero-order valence-electron chi connectivity index (χ0n) is 15.7. The molecule has 0 N–H and O–H groups in total. The molecule has 0 radical (unpaired) electrons. The van der Waals surface area contributed by atoms with Gasteiger partial charge in [-0.2, -0.15) is 0 Å². The maximum Gasteiger partial charge on any atom is 0.182 e. The number of carbonyl (C=O) groups is 2. The van der Waals surface area contributed by atoms with Crippen LogP contribution >= 0.6 is 0 Å². The molecule has 1 aliphatic rings. The van der Waals surface area contributed by atoms with Gasteiger partial charge < -0.3 is 0 Å². The normalized spacial score (nSPS) is 16.0. The van der Waals surface area contributed by atoms with Crippen LogP contribution in [-0.2, 0) is 9.59 Å². The van der Waals surface area contributed by atoms with Crippen LogP contribution in [0.2, 0.25) is 0 Å². The van der Waals surface area contributed by atoms with Crippen molar-refractivity contribution in [2.24, 2.45) is 0 Å². The van der Waals surface area contributed by atoms with E-state index >= 15 is 0 Å². The molecule has 0 fully saturated rings. The summed E-state index contributed by atoms with van der Waals surface area (Å²) in [4.78, 5) is 23.5. The van der Waals surface area contributed by atoms with Gasteiger partial charge >= 0.3 is 0 Å².